The van der Waals surface area contributed by atoms with Gasteiger partial charge in [-0.2, -0.15) is 0 Å². The summed E-state index contributed by atoms with van der Waals surface area (Å²) in [4.78, 5) is 11.9. The predicted octanol–water partition coefficient (Wildman–Crippen LogP) is 3.43. The van der Waals surface area contributed by atoms with E-state index >= 15 is 0 Å². The molecule has 2 aromatic rings. The van der Waals surface area contributed by atoms with Crippen molar-refractivity contribution >= 4 is 33.2 Å². The number of nitrogens with zero attached hydrogens (tertiary/aromatic N) is 1. The first-order chi connectivity index (χ1) is 7.63. The first-order valence-corrected chi connectivity index (χ1v) is 6.27. The molecule has 2 aromatic heterocycles. The molecule has 0 radical (unpaired) electrons. The Labute approximate surface area is 104 Å². The molecule has 6 heteroatoms. The summed E-state index contributed by atoms with van der Waals surface area (Å²) in [6, 6.07) is 1.83. The Morgan fingerprint density at radius 3 is 2.94 bits per heavy atom. The van der Waals surface area contributed by atoms with E-state index in [0.717, 1.165) is 9.35 Å². The van der Waals surface area contributed by atoms with Crippen LogP contribution in [0.2, 0.25) is 0 Å². The van der Waals surface area contributed by atoms with Crippen molar-refractivity contribution in [1.29, 1.82) is 0 Å². The number of halogens is 1. The minimum absolute atomic E-state index is 0.164. The van der Waals surface area contributed by atoms with Gasteiger partial charge in [-0.1, -0.05) is 12.1 Å². The van der Waals surface area contributed by atoms with E-state index < -0.39 is 5.97 Å². The summed E-state index contributed by atoms with van der Waals surface area (Å²) in [5, 5.41) is 14.8. The average Bonchev–Trinajstić information content (AvgIpc) is 2.82. The third-order valence-electron chi connectivity index (χ3n) is 2.10. The second-order valence-corrected chi connectivity index (χ2v) is 4.94. The molecule has 16 heavy (non-hydrogen) atoms. The summed E-state index contributed by atoms with van der Waals surface area (Å²) in [6.07, 6.45) is 0.515. The number of hydrogen-bond acceptors (Lipinski definition) is 4. The fraction of sp³-hybridized carbons (Fsp3) is 0.200. The van der Waals surface area contributed by atoms with Crippen molar-refractivity contribution in [1.82, 2.24) is 5.16 Å². The van der Waals surface area contributed by atoms with E-state index in [9.17, 15) is 4.79 Å². The highest BCUT2D eigenvalue weighted by Gasteiger charge is 2.23. The van der Waals surface area contributed by atoms with Gasteiger partial charge in [0.2, 0.25) is 0 Å². The summed E-state index contributed by atoms with van der Waals surface area (Å²) in [6.45, 7) is 1.83. The third-order valence-corrected chi connectivity index (χ3v) is 3.80. The number of aromatic carboxylic acids is 1. The Kier molecular flexibility index (Phi) is 3.11. The molecule has 0 bridgehead atoms. The van der Waals surface area contributed by atoms with Crippen LogP contribution in [0.1, 0.15) is 23.0 Å². The zero-order valence-electron chi connectivity index (χ0n) is 8.36. The van der Waals surface area contributed by atoms with Crippen LogP contribution >= 0.6 is 27.3 Å². The Morgan fingerprint density at radius 1 is 1.69 bits per heavy atom. The summed E-state index contributed by atoms with van der Waals surface area (Å²) >= 11 is 4.74. The molecular formula is C10H8BrNO3S. The first kappa shape index (κ1) is 11.3. The average molecular weight is 302 g/mol. The SMILES string of the molecule is CCc1onc(-c2cc(Br)cs2)c1C(=O)O. The standard InChI is InChI=1S/C10H8BrNO3S/c1-2-6-8(10(13)14)9(12-15-6)7-3-5(11)4-16-7/h3-4H,2H2,1H3,(H,13,14). The maximum Gasteiger partial charge on any atom is 0.341 e. The van der Waals surface area contributed by atoms with Crippen LogP contribution in [0, 0.1) is 0 Å². The number of carbonyl (C=O) groups is 1. The van der Waals surface area contributed by atoms with Gasteiger partial charge < -0.3 is 9.63 Å². The molecule has 4 nitrogen and oxygen atoms in total. The first-order valence-electron chi connectivity index (χ1n) is 4.59. The van der Waals surface area contributed by atoms with Crippen LogP contribution in [0.25, 0.3) is 10.6 Å². The molecule has 2 rings (SSSR count). The van der Waals surface area contributed by atoms with Gasteiger partial charge in [0.15, 0.2) is 5.76 Å². The van der Waals surface area contributed by atoms with Gasteiger partial charge >= 0.3 is 5.97 Å². The Balaban J connectivity index is 2.57. The maximum absolute atomic E-state index is 11.1. The summed E-state index contributed by atoms with van der Waals surface area (Å²) < 4.78 is 5.94. The second-order valence-electron chi connectivity index (χ2n) is 3.12. The van der Waals surface area contributed by atoms with Crippen molar-refractivity contribution in [3.8, 4) is 10.6 Å². The van der Waals surface area contributed by atoms with Crippen LogP contribution < -0.4 is 0 Å². The van der Waals surface area contributed by atoms with Gasteiger partial charge in [0, 0.05) is 16.3 Å². The molecule has 1 N–H and O–H groups in total. The zero-order chi connectivity index (χ0) is 11.7. The lowest BCUT2D eigenvalue weighted by Gasteiger charge is -1.94. The molecule has 0 saturated carbocycles. The Morgan fingerprint density at radius 2 is 2.44 bits per heavy atom. The largest absolute Gasteiger partial charge is 0.477 e. The molecule has 0 amide bonds. The van der Waals surface area contributed by atoms with Crippen LogP contribution in [-0.2, 0) is 6.42 Å². The van der Waals surface area contributed by atoms with Crippen LogP contribution in [0.15, 0.2) is 20.4 Å². The van der Waals surface area contributed by atoms with Gasteiger partial charge in [0.1, 0.15) is 11.3 Å². The van der Waals surface area contributed by atoms with Crippen molar-refractivity contribution in [3.63, 3.8) is 0 Å². The molecular weight excluding hydrogens is 294 g/mol. The lowest BCUT2D eigenvalue weighted by molar-refractivity contribution is 0.0695. The molecule has 0 aliphatic heterocycles. The van der Waals surface area contributed by atoms with Crippen molar-refractivity contribution in [2.24, 2.45) is 0 Å². The third kappa shape index (κ3) is 1.90. The number of carboxylic acid groups (broad SMARTS) is 1. The molecule has 2 heterocycles. The minimum Gasteiger partial charge on any atom is -0.477 e. The number of thiophene rings is 1. The van der Waals surface area contributed by atoms with Crippen molar-refractivity contribution < 1.29 is 14.4 Å². The highest BCUT2D eigenvalue weighted by molar-refractivity contribution is 9.10. The topological polar surface area (TPSA) is 63.3 Å². The van der Waals surface area contributed by atoms with Gasteiger partial charge in [0.25, 0.3) is 0 Å². The number of hydrogen-bond donors (Lipinski definition) is 1. The number of aryl methyl sites for hydroxylation is 1. The van der Waals surface area contributed by atoms with Crippen molar-refractivity contribution in [2.75, 3.05) is 0 Å². The van der Waals surface area contributed by atoms with E-state index in [1.54, 1.807) is 0 Å². The predicted molar refractivity (Wildman–Crippen MR) is 63.9 cm³/mol. The van der Waals surface area contributed by atoms with E-state index in [0.29, 0.717) is 17.9 Å². The van der Waals surface area contributed by atoms with Gasteiger partial charge in [-0.25, -0.2) is 4.79 Å². The van der Waals surface area contributed by atoms with Crippen LogP contribution in [0.5, 0.6) is 0 Å². The lowest BCUT2D eigenvalue weighted by atomic mass is 10.1. The van der Waals surface area contributed by atoms with Gasteiger partial charge in [0.05, 0.1) is 4.88 Å². The molecule has 0 aliphatic carbocycles. The molecule has 84 valence electrons. The number of rotatable bonds is 3. The van der Waals surface area contributed by atoms with Crippen LogP contribution in [-0.4, -0.2) is 16.2 Å². The van der Waals surface area contributed by atoms with E-state index in [4.69, 9.17) is 9.63 Å². The summed E-state index contributed by atoms with van der Waals surface area (Å²) in [7, 11) is 0. The monoisotopic (exact) mass is 301 g/mol. The molecule has 0 aromatic carbocycles. The van der Waals surface area contributed by atoms with Crippen molar-refractivity contribution in [3.05, 3.63) is 27.2 Å². The normalized spacial score (nSPS) is 10.6. The molecule has 0 spiro atoms. The fourth-order valence-corrected chi connectivity index (χ4v) is 2.81. The zero-order valence-corrected chi connectivity index (χ0v) is 10.8. The van der Waals surface area contributed by atoms with E-state index in [-0.39, 0.29) is 5.56 Å². The van der Waals surface area contributed by atoms with E-state index in [1.165, 1.54) is 11.3 Å². The Bertz CT molecular complexity index is 532. The van der Waals surface area contributed by atoms with Crippen LogP contribution in [0.3, 0.4) is 0 Å². The highest BCUT2D eigenvalue weighted by Crippen LogP contribution is 2.32. The highest BCUT2D eigenvalue weighted by atomic mass is 79.9. The molecule has 0 atom stereocenters. The molecule has 0 fully saturated rings. The molecule has 0 saturated heterocycles. The number of aromatic nitrogens is 1. The van der Waals surface area contributed by atoms with Gasteiger partial charge in [-0.3, -0.25) is 0 Å². The number of carboxylic acids is 1. The van der Waals surface area contributed by atoms with Crippen LogP contribution in [0.4, 0.5) is 0 Å². The molecule has 0 unspecified atom stereocenters. The van der Waals surface area contributed by atoms with Gasteiger partial charge in [-0.05, 0) is 22.0 Å². The second kappa shape index (κ2) is 4.39. The smallest absolute Gasteiger partial charge is 0.341 e. The fourth-order valence-electron chi connectivity index (χ4n) is 1.39. The summed E-state index contributed by atoms with van der Waals surface area (Å²) in [5.41, 5.74) is 0.567. The van der Waals surface area contributed by atoms with E-state index in [1.807, 2.05) is 18.4 Å². The van der Waals surface area contributed by atoms with E-state index in [2.05, 4.69) is 21.1 Å². The quantitative estimate of drug-likeness (QED) is 0.943. The van der Waals surface area contributed by atoms with Crippen molar-refractivity contribution in [2.45, 2.75) is 13.3 Å². The molecule has 0 aliphatic rings. The summed E-state index contributed by atoms with van der Waals surface area (Å²) in [5.74, 6) is -0.593. The minimum atomic E-state index is -1.00. The maximum atomic E-state index is 11.1. The Hall–Kier alpha value is -1.14. The van der Waals surface area contributed by atoms with Gasteiger partial charge in [-0.15, -0.1) is 11.3 Å². The lowest BCUT2D eigenvalue weighted by Crippen LogP contribution is -2.00.